The number of carbonyl (C=O) groups excluding carboxylic acids is 2. The number of nitrogens with one attached hydrogen (secondary N) is 1. The van der Waals surface area contributed by atoms with E-state index in [2.05, 4.69) is 15.3 Å². The highest BCUT2D eigenvalue weighted by Crippen LogP contribution is 2.33. The van der Waals surface area contributed by atoms with Crippen LogP contribution >= 0.6 is 11.8 Å². The average molecular weight is 389 g/mol. The van der Waals surface area contributed by atoms with Crippen LogP contribution in [0.4, 0.5) is 5.69 Å². The first kappa shape index (κ1) is 18.4. The van der Waals surface area contributed by atoms with Gasteiger partial charge in [0, 0.05) is 22.5 Å². The zero-order valence-corrected chi connectivity index (χ0v) is 16.4. The van der Waals surface area contributed by atoms with Crippen LogP contribution in [-0.4, -0.2) is 27.4 Å². The van der Waals surface area contributed by atoms with Gasteiger partial charge in [-0.1, -0.05) is 42.1 Å². The second-order valence-corrected chi connectivity index (χ2v) is 7.71. The molecule has 2 aromatic carbocycles. The normalized spacial score (nSPS) is 15.2. The van der Waals surface area contributed by atoms with E-state index in [9.17, 15) is 9.59 Å². The topological polar surface area (TPSA) is 72.0 Å². The minimum Gasteiger partial charge on any atom is -0.325 e. The maximum Gasteiger partial charge on any atom is 0.231 e. The minimum absolute atomic E-state index is 0.00860. The van der Waals surface area contributed by atoms with Gasteiger partial charge in [-0.15, -0.1) is 0 Å². The molecular formula is C22H19N3O2S. The molecule has 2 heterocycles. The van der Waals surface area contributed by atoms with Gasteiger partial charge >= 0.3 is 0 Å². The molecule has 0 unspecified atom stereocenters. The molecule has 0 aliphatic carbocycles. The molecule has 1 atom stereocenters. The first-order valence-corrected chi connectivity index (χ1v) is 10.0. The summed E-state index contributed by atoms with van der Waals surface area (Å²) in [5.74, 6) is -0.0306. The molecule has 3 aromatic rings. The molecule has 0 saturated carbocycles. The molecule has 0 fully saturated rings. The number of carbonyl (C=O) groups is 2. The van der Waals surface area contributed by atoms with E-state index in [0.717, 1.165) is 28.2 Å². The lowest BCUT2D eigenvalue weighted by atomic mass is 9.99. The first-order valence-electron chi connectivity index (χ1n) is 9.03. The van der Waals surface area contributed by atoms with E-state index in [1.54, 1.807) is 12.1 Å². The SMILES string of the molecule is Cc1cc(-c2ccccc2)nc(SCC(=O)c2ccc3c(c2)[C@H](C)C(=O)N3)n1. The Morgan fingerprint density at radius 3 is 2.68 bits per heavy atom. The van der Waals surface area contributed by atoms with Gasteiger partial charge in [-0.3, -0.25) is 9.59 Å². The first-order chi connectivity index (χ1) is 13.5. The standard InChI is InChI=1S/C22H19N3O2S/c1-13-10-19(15-6-4-3-5-7-15)25-22(23-13)28-12-20(26)16-8-9-18-17(11-16)14(2)21(27)24-18/h3-11,14H,12H2,1-2H3,(H,24,27)/t14-/m0/s1. The Bertz CT molecular complexity index is 1070. The molecule has 140 valence electrons. The van der Waals surface area contributed by atoms with Crippen LogP contribution in [0.15, 0.2) is 59.8 Å². The van der Waals surface area contributed by atoms with Crippen LogP contribution in [0.3, 0.4) is 0 Å². The Morgan fingerprint density at radius 2 is 1.89 bits per heavy atom. The number of aromatic nitrogens is 2. The summed E-state index contributed by atoms with van der Waals surface area (Å²) < 4.78 is 0. The number of aryl methyl sites for hydroxylation is 1. The molecule has 0 spiro atoms. The summed E-state index contributed by atoms with van der Waals surface area (Å²) in [7, 11) is 0. The summed E-state index contributed by atoms with van der Waals surface area (Å²) in [6.07, 6.45) is 0. The molecular weight excluding hydrogens is 370 g/mol. The van der Waals surface area contributed by atoms with Gasteiger partial charge in [0.05, 0.1) is 17.4 Å². The largest absolute Gasteiger partial charge is 0.325 e. The van der Waals surface area contributed by atoms with Gasteiger partial charge < -0.3 is 5.32 Å². The molecule has 1 aliphatic heterocycles. The molecule has 0 radical (unpaired) electrons. The van der Waals surface area contributed by atoms with Crippen LogP contribution in [0.1, 0.15) is 34.5 Å². The number of benzene rings is 2. The molecule has 0 bridgehead atoms. The monoisotopic (exact) mass is 389 g/mol. The fraction of sp³-hybridized carbons (Fsp3) is 0.182. The highest BCUT2D eigenvalue weighted by molar-refractivity contribution is 7.99. The second-order valence-electron chi connectivity index (χ2n) is 6.77. The van der Waals surface area contributed by atoms with Crippen molar-refractivity contribution in [3.05, 3.63) is 71.4 Å². The molecule has 1 amide bonds. The Hall–Kier alpha value is -2.99. The minimum atomic E-state index is -0.232. The zero-order chi connectivity index (χ0) is 19.7. The molecule has 28 heavy (non-hydrogen) atoms. The van der Waals surface area contributed by atoms with Crippen molar-refractivity contribution in [1.29, 1.82) is 0 Å². The van der Waals surface area contributed by atoms with Crippen molar-refractivity contribution in [2.24, 2.45) is 0 Å². The number of Topliss-reactive ketones (excluding diaryl/α,β-unsaturated/α-hetero) is 1. The molecule has 1 aromatic heterocycles. The lowest BCUT2D eigenvalue weighted by Crippen LogP contribution is -2.08. The van der Waals surface area contributed by atoms with E-state index >= 15 is 0 Å². The fourth-order valence-corrected chi connectivity index (χ4v) is 3.96. The quantitative estimate of drug-likeness (QED) is 0.396. The van der Waals surface area contributed by atoms with E-state index in [4.69, 9.17) is 0 Å². The Balaban J connectivity index is 1.50. The summed E-state index contributed by atoms with van der Waals surface area (Å²) in [5.41, 5.74) is 4.99. The molecule has 1 aliphatic rings. The summed E-state index contributed by atoms with van der Waals surface area (Å²) in [6, 6.07) is 17.2. The third kappa shape index (κ3) is 3.68. The number of fused-ring (bicyclic) bond motifs is 1. The molecule has 5 nitrogen and oxygen atoms in total. The molecule has 0 saturated heterocycles. The van der Waals surface area contributed by atoms with Gasteiger partial charge in [0.15, 0.2) is 10.9 Å². The van der Waals surface area contributed by atoms with Crippen molar-refractivity contribution in [1.82, 2.24) is 9.97 Å². The highest BCUT2D eigenvalue weighted by Gasteiger charge is 2.27. The summed E-state index contributed by atoms with van der Waals surface area (Å²) in [6.45, 7) is 3.77. The number of rotatable bonds is 5. The number of thioether (sulfide) groups is 1. The van der Waals surface area contributed by atoms with Crippen molar-refractivity contribution in [3.8, 4) is 11.3 Å². The summed E-state index contributed by atoms with van der Waals surface area (Å²) in [5, 5.41) is 3.41. The van der Waals surface area contributed by atoms with Gasteiger partial charge in [-0.25, -0.2) is 9.97 Å². The number of nitrogens with zero attached hydrogens (tertiary/aromatic N) is 2. The maximum absolute atomic E-state index is 12.7. The summed E-state index contributed by atoms with van der Waals surface area (Å²) in [4.78, 5) is 33.5. The number of ketones is 1. The van der Waals surface area contributed by atoms with Gasteiger partial charge in [-0.05, 0) is 43.7 Å². The van der Waals surface area contributed by atoms with Gasteiger partial charge in [0.1, 0.15) is 0 Å². The van der Waals surface area contributed by atoms with E-state index in [-0.39, 0.29) is 23.4 Å². The Labute approximate surface area is 167 Å². The van der Waals surface area contributed by atoms with Crippen LogP contribution in [0.2, 0.25) is 0 Å². The number of hydrogen-bond acceptors (Lipinski definition) is 5. The smallest absolute Gasteiger partial charge is 0.231 e. The van der Waals surface area contributed by atoms with Crippen molar-refractivity contribution < 1.29 is 9.59 Å². The van der Waals surface area contributed by atoms with Crippen molar-refractivity contribution in [2.45, 2.75) is 24.9 Å². The van der Waals surface area contributed by atoms with E-state index in [1.165, 1.54) is 11.8 Å². The van der Waals surface area contributed by atoms with E-state index in [0.29, 0.717) is 10.7 Å². The third-order valence-corrected chi connectivity index (χ3v) is 5.57. The van der Waals surface area contributed by atoms with Crippen LogP contribution in [0.25, 0.3) is 11.3 Å². The van der Waals surface area contributed by atoms with Gasteiger partial charge in [0.25, 0.3) is 0 Å². The van der Waals surface area contributed by atoms with Crippen LogP contribution in [-0.2, 0) is 4.79 Å². The van der Waals surface area contributed by atoms with Crippen molar-refractivity contribution >= 4 is 29.1 Å². The highest BCUT2D eigenvalue weighted by atomic mass is 32.2. The molecule has 4 rings (SSSR count). The lowest BCUT2D eigenvalue weighted by Gasteiger charge is -2.07. The Kier molecular flexibility index (Phi) is 4.96. The predicted molar refractivity (Wildman–Crippen MR) is 111 cm³/mol. The van der Waals surface area contributed by atoms with Crippen molar-refractivity contribution in [2.75, 3.05) is 11.1 Å². The van der Waals surface area contributed by atoms with Gasteiger partial charge in [-0.2, -0.15) is 0 Å². The Morgan fingerprint density at radius 1 is 1.11 bits per heavy atom. The van der Waals surface area contributed by atoms with Crippen LogP contribution in [0.5, 0.6) is 0 Å². The number of amides is 1. The van der Waals surface area contributed by atoms with Crippen LogP contribution < -0.4 is 5.32 Å². The molecule has 1 N–H and O–H groups in total. The number of hydrogen-bond donors (Lipinski definition) is 1. The average Bonchev–Trinajstić information content (AvgIpc) is 3.00. The van der Waals surface area contributed by atoms with E-state index < -0.39 is 0 Å². The fourth-order valence-electron chi connectivity index (χ4n) is 3.17. The number of anilines is 1. The van der Waals surface area contributed by atoms with E-state index in [1.807, 2.05) is 56.3 Å². The van der Waals surface area contributed by atoms with Crippen LogP contribution in [0, 0.1) is 6.92 Å². The second kappa shape index (κ2) is 7.56. The predicted octanol–water partition coefficient (Wildman–Crippen LogP) is 4.48. The lowest BCUT2D eigenvalue weighted by molar-refractivity contribution is -0.116. The van der Waals surface area contributed by atoms with Crippen molar-refractivity contribution in [3.63, 3.8) is 0 Å². The summed E-state index contributed by atoms with van der Waals surface area (Å²) >= 11 is 1.33. The zero-order valence-electron chi connectivity index (χ0n) is 15.6. The third-order valence-electron chi connectivity index (χ3n) is 4.73. The van der Waals surface area contributed by atoms with Gasteiger partial charge in [0.2, 0.25) is 5.91 Å². The molecule has 6 heteroatoms. The maximum atomic E-state index is 12.7.